The Morgan fingerprint density at radius 1 is 1.29 bits per heavy atom. The van der Waals surface area contributed by atoms with E-state index in [9.17, 15) is 9.59 Å². The predicted octanol–water partition coefficient (Wildman–Crippen LogP) is 6.71. The number of nitrogens with one attached hydrogen (secondary N) is 3. The van der Waals surface area contributed by atoms with E-state index in [1.54, 1.807) is 6.07 Å². The molecule has 3 aromatic rings. The minimum absolute atomic E-state index is 0.00379. The van der Waals surface area contributed by atoms with Gasteiger partial charge < -0.3 is 25.3 Å². The number of halogens is 2. The first-order valence-electron chi connectivity index (χ1n) is 11.2. The number of aromatic nitrogens is 1. The molecule has 1 aliphatic heterocycles. The molecular weight excluding hydrogens is 584 g/mol. The summed E-state index contributed by atoms with van der Waals surface area (Å²) in [4.78, 5) is 30.6. The van der Waals surface area contributed by atoms with Crippen LogP contribution in [0.4, 0.5) is 16.3 Å². The van der Waals surface area contributed by atoms with Gasteiger partial charge in [-0.2, -0.15) is 0 Å². The fourth-order valence-electron chi connectivity index (χ4n) is 4.09. The lowest BCUT2D eigenvalue weighted by molar-refractivity contribution is 0.0148. The smallest absolute Gasteiger partial charge is 0.410 e. The van der Waals surface area contributed by atoms with Gasteiger partial charge in [0.15, 0.2) is 0 Å². The van der Waals surface area contributed by atoms with E-state index in [-0.39, 0.29) is 17.6 Å². The molecular formula is C24H28Br2N4O3S. The molecule has 182 valence electrons. The molecule has 1 aliphatic rings. The number of rotatable bonds is 6. The Bertz CT molecular complexity index is 1250. The average molecular weight is 612 g/mol. The molecule has 0 spiro atoms. The lowest BCUT2D eigenvalue weighted by atomic mass is 9.96. The van der Waals surface area contributed by atoms with Crippen molar-refractivity contribution in [3.63, 3.8) is 0 Å². The quantitative estimate of drug-likeness (QED) is 0.270. The Balaban J connectivity index is 1.50. The van der Waals surface area contributed by atoms with E-state index in [4.69, 9.17) is 4.74 Å². The number of carbonyl (C=O) groups excluding carboxylic acids is 1. The van der Waals surface area contributed by atoms with Gasteiger partial charge in [-0.1, -0.05) is 15.9 Å². The van der Waals surface area contributed by atoms with Gasteiger partial charge in [0.05, 0.1) is 21.9 Å². The van der Waals surface area contributed by atoms with Crippen LogP contribution in [0.1, 0.15) is 45.2 Å². The van der Waals surface area contributed by atoms with E-state index in [1.807, 2.05) is 43.2 Å². The second kappa shape index (κ2) is 10.3. The molecule has 1 amide bonds. The molecule has 2 aromatic heterocycles. The second-order valence-corrected chi connectivity index (χ2v) is 11.9. The molecule has 3 heterocycles. The SMILES string of the molecule is CC(C)(C)OC(=O)N(CCCNc1cc(=O)c2sccc2[nH]1)C1CCNc2c(Br)cc(Br)cc21. The van der Waals surface area contributed by atoms with Crippen LogP contribution in [-0.2, 0) is 4.74 Å². The molecule has 0 aliphatic carbocycles. The number of pyridine rings is 1. The summed E-state index contributed by atoms with van der Waals surface area (Å²) in [5.74, 6) is 0.680. The molecule has 3 N–H and O–H groups in total. The first-order valence-corrected chi connectivity index (χ1v) is 13.7. The highest BCUT2D eigenvalue weighted by Crippen LogP contribution is 2.41. The average Bonchev–Trinajstić information content (AvgIpc) is 3.22. The van der Waals surface area contributed by atoms with Crippen LogP contribution in [0.5, 0.6) is 0 Å². The number of hydrogen-bond donors (Lipinski definition) is 3. The summed E-state index contributed by atoms with van der Waals surface area (Å²) in [6.45, 7) is 7.52. The van der Waals surface area contributed by atoms with Gasteiger partial charge in [-0.3, -0.25) is 4.79 Å². The van der Waals surface area contributed by atoms with Gasteiger partial charge >= 0.3 is 6.09 Å². The van der Waals surface area contributed by atoms with Crippen LogP contribution >= 0.6 is 43.2 Å². The first-order chi connectivity index (χ1) is 16.1. The largest absolute Gasteiger partial charge is 0.444 e. The summed E-state index contributed by atoms with van der Waals surface area (Å²) in [6, 6.07) is 7.44. The van der Waals surface area contributed by atoms with Gasteiger partial charge in [0.2, 0.25) is 5.43 Å². The molecule has 1 atom stereocenters. The monoisotopic (exact) mass is 610 g/mol. The summed E-state index contributed by atoms with van der Waals surface area (Å²) in [5.41, 5.74) is 2.31. The summed E-state index contributed by atoms with van der Waals surface area (Å²) in [6.07, 6.45) is 1.15. The Hall–Kier alpha value is -2.04. The van der Waals surface area contributed by atoms with E-state index in [0.717, 1.165) is 43.4 Å². The number of fused-ring (bicyclic) bond motifs is 2. The van der Waals surface area contributed by atoms with Gasteiger partial charge in [-0.05, 0) is 73.1 Å². The maximum atomic E-state index is 13.3. The summed E-state index contributed by atoms with van der Waals surface area (Å²) < 4.78 is 8.41. The Morgan fingerprint density at radius 2 is 2.09 bits per heavy atom. The molecule has 10 heteroatoms. The van der Waals surface area contributed by atoms with E-state index in [0.29, 0.717) is 25.3 Å². The zero-order chi connectivity index (χ0) is 24.5. The third kappa shape index (κ3) is 5.78. The minimum Gasteiger partial charge on any atom is -0.444 e. The van der Waals surface area contributed by atoms with E-state index in [1.165, 1.54) is 11.3 Å². The molecule has 0 saturated carbocycles. The number of aromatic amines is 1. The number of carbonyl (C=O) groups is 1. The molecule has 7 nitrogen and oxygen atoms in total. The minimum atomic E-state index is -0.587. The van der Waals surface area contributed by atoms with Crippen LogP contribution in [0, 0.1) is 0 Å². The Labute approximate surface area is 219 Å². The van der Waals surface area contributed by atoms with Crippen molar-refractivity contribution in [2.75, 3.05) is 30.3 Å². The fraction of sp³-hybridized carbons (Fsp3) is 0.417. The van der Waals surface area contributed by atoms with Crippen LogP contribution in [0.15, 0.2) is 43.4 Å². The predicted molar refractivity (Wildman–Crippen MR) is 146 cm³/mol. The molecule has 1 aromatic carbocycles. The van der Waals surface area contributed by atoms with E-state index >= 15 is 0 Å². The number of nitrogens with zero attached hydrogens (tertiary/aromatic N) is 1. The fourth-order valence-corrected chi connectivity index (χ4v) is 6.25. The summed E-state index contributed by atoms with van der Waals surface area (Å²) in [5, 5.41) is 8.64. The van der Waals surface area contributed by atoms with Crippen LogP contribution in [-0.4, -0.2) is 41.2 Å². The number of thiophene rings is 1. The van der Waals surface area contributed by atoms with Crippen molar-refractivity contribution >= 4 is 71.0 Å². The maximum absolute atomic E-state index is 13.3. The lowest BCUT2D eigenvalue weighted by Crippen LogP contribution is -2.42. The molecule has 1 unspecified atom stereocenters. The van der Waals surface area contributed by atoms with Gasteiger partial charge in [-0.25, -0.2) is 4.79 Å². The zero-order valence-corrected chi connectivity index (χ0v) is 23.3. The zero-order valence-electron chi connectivity index (χ0n) is 19.3. The number of hydrogen-bond acceptors (Lipinski definition) is 6. The molecule has 34 heavy (non-hydrogen) atoms. The first kappa shape index (κ1) is 25.1. The summed E-state index contributed by atoms with van der Waals surface area (Å²) in [7, 11) is 0. The number of anilines is 2. The van der Waals surface area contributed by atoms with Crippen molar-refractivity contribution in [2.24, 2.45) is 0 Å². The van der Waals surface area contributed by atoms with Crippen molar-refractivity contribution in [1.29, 1.82) is 0 Å². The van der Waals surface area contributed by atoms with Gasteiger partial charge in [-0.15, -0.1) is 11.3 Å². The number of ether oxygens (including phenoxy) is 1. The van der Waals surface area contributed by atoms with Gasteiger partial charge in [0.1, 0.15) is 11.4 Å². The number of H-pyrrole nitrogens is 1. The number of benzene rings is 1. The van der Waals surface area contributed by atoms with Crippen molar-refractivity contribution in [2.45, 2.75) is 45.3 Å². The molecule has 4 rings (SSSR count). The molecule has 0 saturated heterocycles. The van der Waals surface area contributed by atoms with Crippen LogP contribution < -0.4 is 16.1 Å². The standard InChI is InChI=1S/C24H28Br2N4O3S/c1-24(2,3)33-23(32)30(18-5-8-28-21-15(18)11-14(25)12-16(21)26)9-4-7-27-20-13-19(31)22-17(29-20)6-10-34-22/h6,10-13,18,28H,4-5,7-9H2,1-3H3,(H2,27,29,31). The third-order valence-electron chi connectivity index (χ3n) is 5.49. The van der Waals surface area contributed by atoms with Crippen LogP contribution in [0.3, 0.4) is 0 Å². The van der Waals surface area contributed by atoms with Crippen LogP contribution in [0.25, 0.3) is 10.2 Å². The Morgan fingerprint density at radius 3 is 2.85 bits per heavy atom. The third-order valence-corrected chi connectivity index (χ3v) is 7.51. The second-order valence-electron chi connectivity index (χ2n) is 9.25. The lowest BCUT2D eigenvalue weighted by Gasteiger charge is -2.37. The number of amides is 1. The van der Waals surface area contributed by atoms with E-state index < -0.39 is 5.60 Å². The maximum Gasteiger partial charge on any atom is 0.410 e. The highest BCUT2D eigenvalue weighted by Gasteiger charge is 2.33. The topological polar surface area (TPSA) is 86.5 Å². The normalized spacial score (nSPS) is 15.5. The van der Waals surface area contributed by atoms with Crippen molar-refractivity contribution in [3.05, 3.63) is 54.4 Å². The van der Waals surface area contributed by atoms with E-state index in [2.05, 4.69) is 53.5 Å². The summed E-state index contributed by atoms with van der Waals surface area (Å²) >= 11 is 8.66. The molecule has 0 radical (unpaired) electrons. The molecule has 0 fully saturated rings. The highest BCUT2D eigenvalue weighted by molar-refractivity contribution is 9.11. The highest BCUT2D eigenvalue weighted by atomic mass is 79.9. The van der Waals surface area contributed by atoms with Crippen molar-refractivity contribution in [3.8, 4) is 0 Å². The van der Waals surface area contributed by atoms with Crippen molar-refractivity contribution in [1.82, 2.24) is 9.88 Å². The molecule has 0 bridgehead atoms. The Kier molecular flexibility index (Phi) is 7.59. The van der Waals surface area contributed by atoms with Crippen molar-refractivity contribution < 1.29 is 9.53 Å². The van der Waals surface area contributed by atoms with Crippen LogP contribution in [0.2, 0.25) is 0 Å². The van der Waals surface area contributed by atoms with Gasteiger partial charge in [0.25, 0.3) is 0 Å². The van der Waals surface area contributed by atoms with Gasteiger partial charge in [0, 0.05) is 40.2 Å².